The Morgan fingerprint density at radius 1 is 1.17 bits per heavy atom. The van der Waals surface area contributed by atoms with E-state index in [0.717, 1.165) is 5.56 Å². The molecule has 18 heavy (non-hydrogen) atoms. The molecule has 6 heteroatoms. The highest BCUT2D eigenvalue weighted by molar-refractivity contribution is 7.89. The molecule has 1 rings (SSSR count). The molecule has 0 aliphatic rings. The zero-order chi connectivity index (χ0) is 14.1. The molecular formula is C12H17Cl2NO2S. The summed E-state index contributed by atoms with van der Waals surface area (Å²) in [5.41, 5.74) is 0.743. The van der Waals surface area contributed by atoms with Crippen LogP contribution in [0.3, 0.4) is 0 Å². The van der Waals surface area contributed by atoms with Gasteiger partial charge in [-0.2, -0.15) is 4.31 Å². The quantitative estimate of drug-likeness (QED) is 0.850. The Bertz CT molecular complexity index is 529. The van der Waals surface area contributed by atoms with Gasteiger partial charge in [0, 0.05) is 23.1 Å². The van der Waals surface area contributed by atoms with Crippen LogP contribution < -0.4 is 0 Å². The minimum absolute atomic E-state index is 0.331. The molecule has 102 valence electrons. The van der Waals surface area contributed by atoms with E-state index >= 15 is 0 Å². The highest BCUT2D eigenvalue weighted by Crippen LogP contribution is 2.30. The van der Waals surface area contributed by atoms with Gasteiger partial charge in [0.15, 0.2) is 0 Å². The topological polar surface area (TPSA) is 37.4 Å². The number of sulfonamides is 1. The lowest BCUT2D eigenvalue weighted by atomic mass is 10.1. The van der Waals surface area contributed by atoms with Crippen molar-refractivity contribution in [1.82, 2.24) is 4.31 Å². The number of hydrogen-bond acceptors (Lipinski definition) is 2. The summed E-state index contributed by atoms with van der Waals surface area (Å²) in [6, 6.07) is 4.74. The summed E-state index contributed by atoms with van der Waals surface area (Å²) in [6.07, 6.45) is 0. The van der Waals surface area contributed by atoms with Gasteiger partial charge in [0.2, 0.25) is 10.0 Å². The maximum atomic E-state index is 12.1. The summed E-state index contributed by atoms with van der Waals surface area (Å²) < 4.78 is 25.5. The van der Waals surface area contributed by atoms with Crippen molar-refractivity contribution < 1.29 is 8.42 Å². The maximum Gasteiger partial charge on any atom is 0.216 e. The molecule has 0 saturated carbocycles. The van der Waals surface area contributed by atoms with Gasteiger partial charge in [0.1, 0.15) is 0 Å². The number of nitrogens with zero attached hydrogens (tertiary/aromatic N) is 1. The summed E-state index contributed by atoms with van der Waals surface area (Å²) in [5.74, 6) is 0. The lowest BCUT2D eigenvalue weighted by Gasteiger charge is -2.27. The highest BCUT2D eigenvalue weighted by atomic mass is 35.5. The van der Waals surface area contributed by atoms with Gasteiger partial charge in [-0.3, -0.25) is 0 Å². The van der Waals surface area contributed by atoms with Crippen LogP contribution in [0.2, 0.25) is 10.0 Å². The van der Waals surface area contributed by atoms with Crippen LogP contribution >= 0.6 is 23.2 Å². The zero-order valence-corrected chi connectivity index (χ0v) is 13.1. The van der Waals surface area contributed by atoms with E-state index in [4.69, 9.17) is 23.2 Å². The molecule has 0 spiro atoms. The zero-order valence-electron chi connectivity index (χ0n) is 10.8. The number of halogens is 2. The second-order valence-corrected chi connectivity index (χ2v) is 7.84. The Balaban J connectivity index is 3.11. The largest absolute Gasteiger partial charge is 0.216 e. The van der Waals surface area contributed by atoms with E-state index in [1.54, 1.807) is 46.0 Å². The van der Waals surface area contributed by atoms with Crippen molar-refractivity contribution >= 4 is 33.2 Å². The monoisotopic (exact) mass is 309 g/mol. The number of benzene rings is 1. The first-order chi connectivity index (χ1) is 8.17. The fourth-order valence-corrected chi connectivity index (χ4v) is 3.37. The molecule has 1 aromatic carbocycles. The van der Waals surface area contributed by atoms with E-state index in [9.17, 15) is 8.42 Å². The second-order valence-electron chi connectivity index (χ2n) is 4.45. The predicted molar refractivity (Wildman–Crippen MR) is 76.7 cm³/mol. The molecule has 1 unspecified atom stereocenters. The molecule has 0 aliphatic heterocycles. The minimum atomic E-state index is -3.31. The summed E-state index contributed by atoms with van der Waals surface area (Å²) in [5, 5.41) is 0.544. The average molecular weight is 310 g/mol. The van der Waals surface area contributed by atoms with Crippen LogP contribution in [0.4, 0.5) is 0 Å². The van der Waals surface area contributed by atoms with E-state index in [2.05, 4.69) is 0 Å². The fraction of sp³-hybridized carbons (Fsp3) is 0.500. The lowest BCUT2D eigenvalue weighted by Crippen LogP contribution is -2.35. The molecule has 0 amide bonds. The Kier molecular flexibility index (Phi) is 5.06. The van der Waals surface area contributed by atoms with Crippen molar-refractivity contribution in [3.8, 4) is 0 Å². The van der Waals surface area contributed by atoms with Crippen molar-refractivity contribution in [1.29, 1.82) is 0 Å². The molecular weight excluding hydrogens is 293 g/mol. The third kappa shape index (κ3) is 3.18. The van der Waals surface area contributed by atoms with E-state index in [0.29, 0.717) is 10.0 Å². The molecule has 0 aliphatic carbocycles. The molecule has 0 saturated heterocycles. The van der Waals surface area contributed by atoms with Gasteiger partial charge < -0.3 is 0 Å². The Labute approximate surface area is 119 Å². The van der Waals surface area contributed by atoms with Gasteiger partial charge in [-0.15, -0.1) is 0 Å². The van der Waals surface area contributed by atoms with E-state index < -0.39 is 15.3 Å². The molecule has 0 heterocycles. The van der Waals surface area contributed by atoms with E-state index in [1.165, 1.54) is 4.31 Å². The molecule has 3 nitrogen and oxygen atoms in total. The van der Waals surface area contributed by atoms with Gasteiger partial charge >= 0.3 is 0 Å². The van der Waals surface area contributed by atoms with E-state index in [-0.39, 0.29) is 6.04 Å². The number of rotatable bonds is 4. The standard InChI is InChI=1S/C12H17Cl2NO2S/c1-8(2)18(16,17)15(4)9(3)11-6-5-10(13)7-12(11)14/h5-9H,1-4H3. The summed E-state index contributed by atoms with van der Waals surface area (Å²) in [4.78, 5) is 0. The lowest BCUT2D eigenvalue weighted by molar-refractivity contribution is 0.394. The molecule has 0 bridgehead atoms. The predicted octanol–water partition coefficient (Wildman–Crippen LogP) is 3.72. The Morgan fingerprint density at radius 3 is 2.17 bits per heavy atom. The van der Waals surface area contributed by atoms with Crippen molar-refractivity contribution in [2.75, 3.05) is 7.05 Å². The van der Waals surface area contributed by atoms with Gasteiger partial charge in [0.05, 0.1) is 5.25 Å². The van der Waals surface area contributed by atoms with Gasteiger partial charge in [-0.25, -0.2) is 8.42 Å². The van der Waals surface area contributed by atoms with Crippen LogP contribution in [0.5, 0.6) is 0 Å². The molecule has 0 N–H and O–H groups in total. The normalized spacial score (nSPS) is 14.2. The van der Waals surface area contributed by atoms with Crippen LogP contribution in [0.25, 0.3) is 0 Å². The summed E-state index contributed by atoms with van der Waals surface area (Å²) in [7, 11) is -1.75. The maximum absolute atomic E-state index is 12.1. The van der Waals surface area contributed by atoms with Crippen molar-refractivity contribution in [2.45, 2.75) is 32.1 Å². The second kappa shape index (κ2) is 5.78. The minimum Gasteiger partial charge on any atom is -0.212 e. The Hall–Kier alpha value is -0.290. The van der Waals surface area contributed by atoms with Gasteiger partial charge in [-0.1, -0.05) is 29.3 Å². The van der Waals surface area contributed by atoms with Gasteiger partial charge in [-0.05, 0) is 38.5 Å². The fourth-order valence-electron chi connectivity index (χ4n) is 1.59. The van der Waals surface area contributed by atoms with Crippen molar-refractivity contribution in [3.63, 3.8) is 0 Å². The van der Waals surface area contributed by atoms with Crippen LogP contribution in [0.1, 0.15) is 32.4 Å². The summed E-state index contributed by atoms with van der Waals surface area (Å²) >= 11 is 11.9. The van der Waals surface area contributed by atoms with Crippen molar-refractivity contribution in [3.05, 3.63) is 33.8 Å². The molecule has 0 radical (unpaired) electrons. The third-order valence-electron chi connectivity index (χ3n) is 2.96. The summed E-state index contributed by atoms with van der Waals surface area (Å²) in [6.45, 7) is 5.11. The Morgan fingerprint density at radius 2 is 1.72 bits per heavy atom. The van der Waals surface area contributed by atoms with Crippen LogP contribution in [-0.2, 0) is 10.0 Å². The third-order valence-corrected chi connectivity index (χ3v) is 5.83. The molecule has 1 aromatic rings. The van der Waals surface area contributed by atoms with Gasteiger partial charge in [0.25, 0.3) is 0 Å². The van der Waals surface area contributed by atoms with E-state index in [1.807, 2.05) is 0 Å². The first-order valence-corrected chi connectivity index (χ1v) is 7.85. The van der Waals surface area contributed by atoms with Crippen molar-refractivity contribution in [2.24, 2.45) is 0 Å². The number of hydrogen-bond donors (Lipinski definition) is 0. The SMILES string of the molecule is CC(c1ccc(Cl)cc1Cl)N(C)S(=O)(=O)C(C)C. The first kappa shape index (κ1) is 15.8. The highest BCUT2D eigenvalue weighted by Gasteiger charge is 2.28. The van der Waals surface area contributed by atoms with Crippen LogP contribution in [-0.4, -0.2) is 25.0 Å². The van der Waals surface area contributed by atoms with Crippen LogP contribution in [0, 0.1) is 0 Å². The molecule has 0 fully saturated rings. The smallest absolute Gasteiger partial charge is 0.212 e. The molecule has 1 atom stereocenters. The average Bonchev–Trinajstić information content (AvgIpc) is 2.26. The van der Waals surface area contributed by atoms with Crippen LogP contribution in [0.15, 0.2) is 18.2 Å². The first-order valence-electron chi connectivity index (χ1n) is 5.59. The molecule has 0 aromatic heterocycles.